The first kappa shape index (κ1) is 12.1. The number of aromatic hydroxyl groups is 1. The van der Waals surface area contributed by atoms with Crippen LogP contribution in [0.25, 0.3) is 11.1 Å². The SMILES string of the molecule is CC(C(=O)O)n1cc(-c2ccc(O)c(F)c2)cn1. The number of aliphatic carboxylic acids is 1. The van der Waals surface area contributed by atoms with Gasteiger partial charge in [-0.15, -0.1) is 0 Å². The second-order valence-corrected chi connectivity index (χ2v) is 3.89. The molecule has 0 saturated carbocycles. The van der Waals surface area contributed by atoms with Crippen LogP contribution in [0.15, 0.2) is 30.6 Å². The topological polar surface area (TPSA) is 75.3 Å². The van der Waals surface area contributed by atoms with Gasteiger partial charge in [0.2, 0.25) is 0 Å². The number of phenolic OH excluding ortho intramolecular Hbond substituents is 1. The average Bonchev–Trinajstić information content (AvgIpc) is 2.81. The number of aromatic nitrogens is 2. The molecule has 2 aromatic rings. The zero-order valence-electron chi connectivity index (χ0n) is 9.54. The highest BCUT2D eigenvalue weighted by atomic mass is 19.1. The molecular formula is C12H11FN2O3. The standard InChI is InChI=1S/C12H11FN2O3/c1-7(12(17)18)15-6-9(5-14-15)8-2-3-11(16)10(13)4-8/h2-7,16H,1H3,(H,17,18). The molecule has 0 spiro atoms. The molecule has 0 fully saturated rings. The maximum absolute atomic E-state index is 13.2. The summed E-state index contributed by atoms with van der Waals surface area (Å²) in [7, 11) is 0. The summed E-state index contributed by atoms with van der Waals surface area (Å²) in [6, 6.07) is 3.15. The maximum atomic E-state index is 13.2. The van der Waals surface area contributed by atoms with E-state index in [0.717, 1.165) is 0 Å². The highest BCUT2D eigenvalue weighted by molar-refractivity contribution is 5.71. The molecule has 94 valence electrons. The molecule has 1 heterocycles. The zero-order valence-corrected chi connectivity index (χ0v) is 9.54. The highest BCUT2D eigenvalue weighted by Gasteiger charge is 2.15. The van der Waals surface area contributed by atoms with Gasteiger partial charge in [-0.2, -0.15) is 5.10 Å². The van der Waals surface area contributed by atoms with Crippen molar-refractivity contribution in [3.63, 3.8) is 0 Å². The Balaban J connectivity index is 2.35. The molecule has 1 unspecified atom stereocenters. The fraction of sp³-hybridized carbons (Fsp3) is 0.167. The van der Waals surface area contributed by atoms with Crippen LogP contribution in [0.1, 0.15) is 13.0 Å². The molecule has 1 aromatic heterocycles. The maximum Gasteiger partial charge on any atom is 0.328 e. The Kier molecular flexibility index (Phi) is 3.01. The third kappa shape index (κ3) is 2.17. The summed E-state index contributed by atoms with van der Waals surface area (Å²) < 4.78 is 14.5. The molecule has 0 aliphatic heterocycles. The van der Waals surface area contributed by atoms with E-state index in [-0.39, 0.29) is 0 Å². The lowest BCUT2D eigenvalue weighted by molar-refractivity contribution is -0.140. The number of carbonyl (C=O) groups is 1. The number of hydrogen-bond donors (Lipinski definition) is 2. The normalized spacial score (nSPS) is 12.3. The predicted octanol–water partition coefficient (Wildman–Crippen LogP) is 2.04. The number of carboxylic acids is 1. The van der Waals surface area contributed by atoms with Crippen LogP contribution in [-0.2, 0) is 4.79 Å². The van der Waals surface area contributed by atoms with E-state index < -0.39 is 23.6 Å². The number of benzene rings is 1. The lowest BCUT2D eigenvalue weighted by Crippen LogP contribution is -2.15. The van der Waals surface area contributed by atoms with Crippen molar-refractivity contribution in [3.8, 4) is 16.9 Å². The van der Waals surface area contributed by atoms with Gasteiger partial charge in [0.05, 0.1) is 6.20 Å². The molecule has 0 bridgehead atoms. The van der Waals surface area contributed by atoms with Crippen LogP contribution in [0.4, 0.5) is 4.39 Å². The lowest BCUT2D eigenvalue weighted by Gasteiger charge is -2.05. The fourth-order valence-electron chi connectivity index (χ4n) is 1.50. The lowest BCUT2D eigenvalue weighted by atomic mass is 10.1. The van der Waals surface area contributed by atoms with Crippen LogP contribution in [-0.4, -0.2) is 26.0 Å². The smallest absolute Gasteiger partial charge is 0.328 e. The van der Waals surface area contributed by atoms with Gasteiger partial charge in [0.1, 0.15) is 6.04 Å². The predicted molar refractivity (Wildman–Crippen MR) is 61.6 cm³/mol. The van der Waals surface area contributed by atoms with Crippen LogP contribution in [0, 0.1) is 5.82 Å². The molecule has 18 heavy (non-hydrogen) atoms. The fourth-order valence-corrected chi connectivity index (χ4v) is 1.50. The van der Waals surface area contributed by atoms with Gasteiger partial charge in [-0.25, -0.2) is 9.18 Å². The summed E-state index contributed by atoms with van der Waals surface area (Å²) in [6.07, 6.45) is 2.97. The minimum atomic E-state index is -0.999. The molecule has 2 rings (SSSR count). The largest absolute Gasteiger partial charge is 0.505 e. The molecule has 0 amide bonds. The Hall–Kier alpha value is -2.37. The van der Waals surface area contributed by atoms with E-state index in [1.54, 1.807) is 0 Å². The molecule has 0 aliphatic carbocycles. The quantitative estimate of drug-likeness (QED) is 0.874. The summed E-state index contributed by atoms with van der Waals surface area (Å²) in [5.74, 6) is -2.15. The number of carboxylic acid groups (broad SMARTS) is 1. The van der Waals surface area contributed by atoms with Crippen LogP contribution in [0.2, 0.25) is 0 Å². The van der Waals surface area contributed by atoms with Gasteiger partial charge >= 0.3 is 5.97 Å². The Morgan fingerprint density at radius 2 is 2.17 bits per heavy atom. The van der Waals surface area contributed by atoms with Gasteiger partial charge < -0.3 is 10.2 Å². The summed E-state index contributed by atoms with van der Waals surface area (Å²) in [4.78, 5) is 10.8. The molecule has 1 aromatic carbocycles. The van der Waals surface area contributed by atoms with Crippen molar-refractivity contribution in [1.29, 1.82) is 0 Å². The van der Waals surface area contributed by atoms with Crippen molar-refractivity contribution >= 4 is 5.97 Å². The Labute approximate surface area is 102 Å². The van der Waals surface area contributed by atoms with E-state index in [2.05, 4.69) is 5.10 Å². The van der Waals surface area contributed by atoms with Crippen molar-refractivity contribution in [2.75, 3.05) is 0 Å². The van der Waals surface area contributed by atoms with E-state index >= 15 is 0 Å². The second-order valence-electron chi connectivity index (χ2n) is 3.89. The average molecular weight is 250 g/mol. The third-order valence-electron chi connectivity index (χ3n) is 2.64. The summed E-state index contributed by atoms with van der Waals surface area (Å²) in [5, 5.41) is 21.8. The first-order chi connectivity index (χ1) is 8.49. The number of phenols is 1. The zero-order chi connectivity index (χ0) is 13.3. The number of halogens is 1. The van der Waals surface area contributed by atoms with Crippen LogP contribution >= 0.6 is 0 Å². The molecule has 5 nitrogen and oxygen atoms in total. The second kappa shape index (κ2) is 4.48. The Morgan fingerprint density at radius 3 is 2.78 bits per heavy atom. The van der Waals surface area contributed by atoms with E-state index in [9.17, 15) is 9.18 Å². The van der Waals surface area contributed by atoms with Crippen molar-refractivity contribution < 1.29 is 19.4 Å². The molecule has 6 heteroatoms. The van der Waals surface area contributed by atoms with Crippen molar-refractivity contribution in [3.05, 3.63) is 36.4 Å². The van der Waals surface area contributed by atoms with E-state index in [1.165, 1.54) is 42.2 Å². The van der Waals surface area contributed by atoms with Gasteiger partial charge in [0.25, 0.3) is 0 Å². The number of rotatable bonds is 3. The van der Waals surface area contributed by atoms with E-state index in [1.807, 2.05) is 0 Å². The monoisotopic (exact) mass is 250 g/mol. The molecular weight excluding hydrogens is 239 g/mol. The first-order valence-corrected chi connectivity index (χ1v) is 5.25. The minimum Gasteiger partial charge on any atom is -0.505 e. The van der Waals surface area contributed by atoms with Crippen LogP contribution in [0.5, 0.6) is 5.75 Å². The van der Waals surface area contributed by atoms with Gasteiger partial charge in [-0.1, -0.05) is 6.07 Å². The third-order valence-corrected chi connectivity index (χ3v) is 2.64. The summed E-state index contributed by atoms with van der Waals surface area (Å²) in [5.41, 5.74) is 1.11. The molecule has 0 radical (unpaired) electrons. The minimum absolute atomic E-state index is 0.426. The van der Waals surface area contributed by atoms with Crippen molar-refractivity contribution in [1.82, 2.24) is 9.78 Å². The first-order valence-electron chi connectivity index (χ1n) is 5.25. The van der Waals surface area contributed by atoms with Gasteiger partial charge in [0.15, 0.2) is 11.6 Å². The van der Waals surface area contributed by atoms with Crippen LogP contribution < -0.4 is 0 Å². The van der Waals surface area contributed by atoms with E-state index in [0.29, 0.717) is 11.1 Å². The number of nitrogens with zero attached hydrogens (tertiary/aromatic N) is 2. The van der Waals surface area contributed by atoms with Gasteiger partial charge in [0, 0.05) is 11.8 Å². The van der Waals surface area contributed by atoms with Crippen molar-refractivity contribution in [2.45, 2.75) is 13.0 Å². The molecule has 0 aliphatic rings. The highest BCUT2D eigenvalue weighted by Crippen LogP contribution is 2.25. The van der Waals surface area contributed by atoms with Crippen LogP contribution in [0.3, 0.4) is 0 Å². The molecule has 2 N–H and O–H groups in total. The van der Waals surface area contributed by atoms with E-state index in [4.69, 9.17) is 10.2 Å². The Morgan fingerprint density at radius 1 is 1.44 bits per heavy atom. The summed E-state index contributed by atoms with van der Waals surface area (Å²) >= 11 is 0. The Bertz CT molecular complexity index is 595. The summed E-state index contributed by atoms with van der Waals surface area (Å²) in [6.45, 7) is 1.50. The molecule has 0 saturated heterocycles. The number of hydrogen-bond acceptors (Lipinski definition) is 3. The molecule has 1 atom stereocenters. The van der Waals surface area contributed by atoms with Gasteiger partial charge in [-0.3, -0.25) is 4.68 Å². The van der Waals surface area contributed by atoms with Crippen molar-refractivity contribution in [2.24, 2.45) is 0 Å². The van der Waals surface area contributed by atoms with Gasteiger partial charge in [-0.05, 0) is 24.6 Å².